The van der Waals surface area contributed by atoms with Crippen molar-refractivity contribution in [1.29, 1.82) is 0 Å². The van der Waals surface area contributed by atoms with Gasteiger partial charge in [-0.3, -0.25) is 0 Å². The standard InChI is InChI=1S/C17H21N3O3/c21-11-13-2-1-3-14(8-13)16-19-9-15(10-20-16)23-12-17(22)4-6-18-7-5-17/h1-3,8-10,18,21-22H,4-7,11-12H2. The number of benzene rings is 1. The number of aromatic nitrogens is 2. The van der Waals surface area contributed by atoms with Gasteiger partial charge >= 0.3 is 0 Å². The number of nitrogens with zero attached hydrogens (tertiary/aromatic N) is 2. The molecule has 1 aliphatic rings. The highest BCUT2D eigenvalue weighted by Crippen LogP contribution is 2.21. The smallest absolute Gasteiger partial charge is 0.159 e. The highest BCUT2D eigenvalue weighted by atomic mass is 16.5. The van der Waals surface area contributed by atoms with E-state index in [1.165, 1.54) is 0 Å². The number of hydrogen-bond acceptors (Lipinski definition) is 6. The zero-order valence-corrected chi connectivity index (χ0v) is 12.9. The van der Waals surface area contributed by atoms with Gasteiger partial charge in [0, 0.05) is 5.56 Å². The van der Waals surface area contributed by atoms with E-state index in [0.29, 0.717) is 24.4 Å². The Morgan fingerprint density at radius 1 is 1.17 bits per heavy atom. The second-order valence-electron chi connectivity index (χ2n) is 5.86. The molecule has 1 aliphatic heterocycles. The third-order valence-electron chi connectivity index (χ3n) is 4.04. The Morgan fingerprint density at radius 2 is 1.91 bits per heavy atom. The minimum absolute atomic E-state index is 0.0114. The van der Waals surface area contributed by atoms with Gasteiger partial charge in [-0.2, -0.15) is 0 Å². The predicted molar refractivity (Wildman–Crippen MR) is 85.9 cm³/mol. The van der Waals surface area contributed by atoms with Crippen LogP contribution in [0.5, 0.6) is 5.75 Å². The van der Waals surface area contributed by atoms with Gasteiger partial charge < -0.3 is 20.3 Å². The summed E-state index contributed by atoms with van der Waals surface area (Å²) in [5.41, 5.74) is 0.888. The average Bonchev–Trinajstić information content (AvgIpc) is 2.61. The zero-order valence-electron chi connectivity index (χ0n) is 12.9. The van der Waals surface area contributed by atoms with Gasteiger partial charge in [0.25, 0.3) is 0 Å². The molecule has 6 nitrogen and oxygen atoms in total. The van der Waals surface area contributed by atoms with Gasteiger partial charge in [0.2, 0.25) is 0 Å². The van der Waals surface area contributed by atoms with E-state index in [9.17, 15) is 10.2 Å². The molecule has 122 valence electrons. The van der Waals surface area contributed by atoms with Crippen LogP contribution >= 0.6 is 0 Å². The van der Waals surface area contributed by atoms with Crippen LogP contribution in [0.15, 0.2) is 36.7 Å². The minimum Gasteiger partial charge on any atom is -0.487 e. The molecule has 3 N–H and O–H groups in total. The van der Waals surface area contributed by atoms with Crippen LogP contribution in [0.2, 0.25) is 0 Å². The van der Waals surface area contributed by atoms with Crippen molar-refractivity contribution in [2.24, 2.45) is 0 Å². The van der Waals surface area contributed by atoms with Gasteiger partial charge in [-0.25, -0.2) is 9.97 Å². The third-order valence-corrected chi connectivity index (χ3v) is 4.04. The van der Waals surface area contributed by atoms with E-state index in [1.54, 1.807) is 12.4 Å². The molecule has 0 spiro atoms. The van der Waals surface area contributed by atoms with Crippen molar-refractivity contribution >= 4 is 0 Å². The number of piperidine rings is 1. The molecule has 0 saturated carbocycles. The molecular weight excluding hydrogens is 294 g/mol. The molecule has 0 amide bonds. The van der Waals surface area contributed by atoms with Gasteiger partial charge in [0.15, 0.2) is 11.6 Å². The molecule has 23 heavy (non-hydrogen) atoms. The molecule has 1 fully saturated rings. The number of hydrogen-bond donors (Lipinski definition) is 3. The number of ether oxygens (including phenoxy) is 1. The first-order chi connectivity index (χ1) is 11.2. The Labute approximate surface area is 135 Å². The molecule has 0 atom stereocenters. The molecule has 3 rings (SSSR count). The second kappa shape index (κ2) is 7.04. The van der Waals surface area contributed by atoms with Crippen molar-refractivity contribution in [3.8, 4) is 17.1 Å². The molecule has 2 heterocycles. The van der Waals surface area contributed by atoms with Gasteiger partial charge in [-0.1, -0.05) is 18.2 Å². The molecule has 1 saturated heterocycles. The summed E-state index contributed by atoms with van der Waals surface area (Å²) in [6, 6.07) is 7.46. The lowest BCUT2D eigenvalue weighted by molar-refractivity contribution is -0.0287. The van der Waals surface area contributed by atoms with E-state index in [4.69, 9.17) is 4.74 Å². The van der Waals surface area contributed by atoms with Crippen LogP contribution in [0.4, 0.5) is 0 Å². The monoisotopic (exact) mass is 315 g/mol. The van der Waals surface area contributed by atoms with Gasteiger partial charge in [0.1, 0.15) is 12.2 Å². The fourth-order valence-electron chi connectivity index (χ4n) is 2.60. The molecule has 0 aliphatic carbocycles. The SMILES string of the molecule is OCc1cccc(-c2ncc(OCC3(O)CCNCC3)cn2)c1. The van der Waals surface area contributed by atoms with Crippen LogP contribution in [-0.4, -0.2) is 45.5 Å². The average molecular weight is 315 g/mol. The first-order valence-corrected chi connectivity index (χ1v) is 7.77. The molecule has 0 unspecified atom stereocenters. The first kappa shape index (κ1) is 15.9. The lowest BCUT2D eigenvalue weighted by Crippen LogP contribution is -2.45. The maximum atomic E-state index is 10.4. The summed E-state index contributed by atoms with van der Waals surface area (Å²) < 4.78 is 5.64. The van der Waals surface area contributed by atoms with Crippen LogP contribution in [0.3, 0.4) is 0 Å². The molecule has 1 aromatic heterocycles. The van der Waals surface area contributed by atoms with Gasteiger partial charge in [-0.05, 0) is 37.6 Å². The molecule has 2 aromatic rings. The summed E-state index contributed by atoms with van der Waals surface area (Å²) in [6.07, 6.45) is 4.58. The lowest BCUT2D eigenvalue weighted by atomic mass is 9.94. The Bertz CT molecular complexity index is 640. The van der Waals surface area contributed by atoms with Crippen LogP contribution in [0, 0.1) is 0 Å². The van der Waals surface area contributed by atoms with Crippen molar-refractivity contribution < 1.29 is 14.9 Å². The summed E-state index contributed by atoms with van der Waals surface area (Å²) in [4.78, 5) is 8.60. The van der Waals surface area contributed by atoms with Crippen molar-refractivity contribution in [3.63, 3.8) is 0 Å². The molecule has 6 heteroatoms. The number of rotatable bonds is 5. The highest BCUT2D eigenvalue weighted by molar-refractivity contribution is 5.55. The van der Waals surface area contributed by atoms with E-state index in [1.807, 2.05) is 24.3 Å². The molecule has 0 radical (unpaired) electrons. The Hall–Kier alpha value is -2.02. The predicted octanol–water partition coefficient (Wildman–Crippen LogP) is 1.13. The van der Waals surface area contributed by atoms with E-state index in [0.717, 1.165) is 24.2 Å². The largest absolute Gasteiger partial charge is 0.487 e. The summed E-state index contributed by atoms with van der Waals surface area (Å²) >= 11 is 0. The van der Waals surface area contributed by atoms with E-state index in [2.05, 4.69) is 15.3 Å². The van der Waals surface area contributed by atoms with Crippen LogP contribution in [0.25, 0.3) is 11.4 Å². The molecule has 0 bridgehead atoms. The van der Waals surface area contributed by atoms with E-state index < -0.39 is 5.60 Å². The second-order valence-corrected chi connectivity index (χ2v) is 5.86. The van der Waals surface area contributed by atoms with Crippen LogP contribution < -0.4 is 10.1 Å². The van der Waals surface area contributed by atoms with Crippen molar-refractivity contribution in [1.82, 2.24) is 15.3 Å². The van der Waals surface area contributed by atoms with E-state index >= 15 is 0 Å². The van der Waals surface area contributed by atoms with Crippen LogP contribution in [0.1, 0.15) is 18.4 Å². The number of nitrogens with one attached hydrogen (secondary N) is 1. The lowest BCUT2D eigenvalue weighted by Gasteiger charge is -2.32. The maximum Gasteiger partial charge on any atom is 0.159 e. The summed E-state index contributed by atoms with van der Waals surface area (Å²) in [6.45, 7) is 1.84. The van der Waals surface area contributed by atoms with Crippen molar-refractivity contribution in [2.75, 3.05) is 19.7 Å². The molecular formula is C17H21N3O3. The normalized spacial score (nSPS) is 17.0. The number of aliphatic hydroxyl groups excluding tert-OH is 1. The molecule has 1 aromatic carbocycles. The summed E-state index contributed by atoms with van der Waals surface area (Å²) in [5, 5.41) is 22.8. The first-order valence-electron chi connectivity index (χ1n) is 7.77. The van der Waals surface area contributed by atoms with E-state index in [-0.39, 0.29) is 13.2 Å². The Kier molecular flexibility index (Phi) is 4.85. The topological polar surface area (TPSA) is 87.5 Å². The van der Waals surface area contributed by atoms with Crippen LogP contribution in [-0.2, 0) is 6.61 Å². The van der Waals surface area contributed by atoms with Crippen molar-refractivity contribution in [3.05, 3.63) is 42.2 Å². The number of aliphatic hydroxyl groups is 2. The zero-order chi connectivity index (χ0) is 16.1. The van der Waals surface area contributed by atoms with Gasteiger partial charge in [0.05, 0.1) is 19.0 Å². The minimum atomic E-state index is -0.778. The van der Waals surface area contributed by atoms with Crippen molar-refractivity contribution in [2.45, 2.75) is 25.0 Å². The fourth-order valence-corrected chi connectivity index (χ4v) is 2.60. The Balaban J connectivity index is 1.64. The maximum absolute atomic E-state index is 10.4. The quantitative estimate of drug-likeness (QED) is 0.767. The van der Waals surface area contributed by atoms with Gasteiger partial charge in [-0.15, -0.1) is 0 Å². The fraction of sp³-hybridized carbons (Fsp3) is 0.412. The Morgan fingerprint density at radius 3 is 2.61 bits per heavy atom. The summed E-state index contributed by atoms with van der Waals surface area (Å²) in [7, 11) is 0. The third kappa shape index (κ3) is 4.04. The summed E-state index contributed by atoms with van der Waals surface area (Å²) in [5.74, 6) is 1.12. The highest BCUT2D eigenvalue weighted by Gasteiger charge is 2.29.